The van der Waals surface area contributed by atoms with Crippen LogP contribution in [0.3, 0.4) is 0 Å². The molecular formula is C7H8N2O5. The molecule has 1 aliphatic rings. The predicted molar refractivity (Wildman–Crippen MR) is 45.9 cm³/mol. The molecule has 0 fully saturated rings. The van der Waals surface area contributed by atoms with Crippen LogP contribution >= 0.6 is 0 Å². The second-order valence-electron chi connectivity index (χ2n) is 2.88. The standard InChI is InChI=1S/C7H8N2O5/c10-5-7(9(13)14)4-2-1-3-6(7)8(11)12/h1-4,6,10H,5H2. The molecule has 0 amide bonds. The third-order valence-electron chi connectivity index (χ3n) is 2.12. The molecule has 0 aromatic carbocycles. The molecule has 0 heterocycles. The summed E-state index contributed by atoms with van der Waals surface area (Å²) >= 11 is 0. The van der Waals surface area contributed by atoms with Crippen LogP contribution < -0.4 is 0 Å². The maximum atomic E-state index is 10.7. The van der Waals surface area contributed by atoms with Gasteiger partial charge in [0.1, 0.15) is 6.61 Å². The molecule has 0 bridgehead atoms. The van der Waals surface area contributed by atoms with E-state index in [-0.39, 0.29) is 0 Å². The smallest absolute Gasteiger partial charge is 0.332 e. The van der Waals surface area contributed by atoms with Crippen molar-refractivity contribution in [1.82, 2.24) is 0 Å². The Bertz CT molecular complexity index is 324. The fourth-order valence-electron chi connectivity index (χ4n) is 1.28. The van der Waals surface area contributed by atoms with Crippen molar-refractivity contribution in [2.45, 2.75) is 11.6 Å². The molecule has 76 valence electrons. The van der Waals surface area contributed by atoms with E-state index in [1.807, 2.05) is 0 Å². The molecule has 1 rings (SSSR count). The van der Waals surface area contributed by atoms with Gasteiger partial charge in [-0.15, -0.1) is 0 Å². The summed E-state index contributed by atoms with van der Waals surface area (Å²) in [5.41, 5.74) is -2.03. The minimum absolute atomic E-state index is 0.779. The van der Waals surface area contributed by atoms with Crippen molar-refractivity contribution in [1.29, 1.82) is 0 Å². The summed E-state index contributed by atoms with van der Waals surface area (Å²) < 4.78 is 0. The molecule has 0 aromatic heterocycles. The summed E-state index contributed by atoms with van der Waals surface area (Å²) in [7, 11) is 0. The van der Waals surface area contributed by atoms with Gasteiger partial charge in [0.15, 0.2) is 0 Å². The third kappa shape index (κ3) is 1.37. The lowest BCUT2D eigenvalue weighted by Gasteiger charge is -2.22. The van der Waals surface area contributed by atoms with Crippen LogP contribution in [-0.2, 0) is 0 Å². The van der Waals surface area contributed by atoms with Gasteiger partial charge in [0, 0.05) is 15.9 Å². The third-order valence-corrected chi connectivity index (χ3v) is 2.12. The van der Waals surface area contributed by atoms with Gasteiger partial charge >= 0.3 is 11.6 Å². The van der Waals surface area contributed by atoms with Gasteiger partial charge in [0.2, 0.25) is 0 Å². The van der Waals surface area contributed by atoms with Crippen molar-refractivity contribution in [2.24, 2.45) is 0 Å². The summed E-state index contributed by atoms with van der Waals surface area (Å²) in [5.74, 6) is 0. The Labute approximate surface area is 78.6 Å². The van der Waals surface area contributed by atoms with E-state index in [1.54, 1.807) is 0 Å². The van der Waals surface area contributed by atoms with Crippen molar-refractivity contribution in [3.05, 3.63) is 44.5 Å². The van der Waals surface area contributed by atoms with Gasteiger partial charge < -0.3 is 5.11 Å². The Morgan fingerprint density at radius 2 is 2.00 bits per heavy atom. The van der Waals surface area contributed by atoms with Gasteiger partial charge in [-0.1, -0.05) is 12.2 Å². The van der Waals surface area contributed by atoms with Crippen molar-refractivity contribution < 1.29 is 15.0 Å². The van der Waals surface area contributed by atoms with Gasteiger partial charge in [0.05, 0.1) is 0 Å². The van der Waals surface area contributed by atoms with Crippen LogP contribution in [0.5, 0.6) is 0 Å². The van der Waals surface area contributed by atoms with Gasteiger partial charge in [-0.3, -0.25) is 20.2 Å². The molecular weight excluding hydrogens is 192 g/mol. The Kier molecular flexibility index (Phi) is 2.61. The predicted octanol–water partition coefficient (Wildman–Crippen LogP) is -0.235. The molecule has 14 heavy (non-hydrogen) atoms. The Balaban J connectivity index is 3.15. The number of hydrogen-bond acceptors (Lipinski definition) is 5. The van der Waals surface area contributed by atoms with E-state index in [0.29, 0.717) is 0 Å². The van der Waals surface area contributed by atoms with E-state index in [1.165, 1.54) is 12.2 Å². The summed E-state index contributed by atoms with van der Waals surface area (Å²) in [4.78, 5) is 19.6. The average molecular weight is 200 g/mol. The van der Waals surface area contributed by atoms with Gasteiger partial charge in [-0.25, -0.2) is 0 Å². The molecule has 0 radical (unpaired) electrons. The van der Waals surface area contributed by atoms with Gasteiger partial charge in [-0.2, -0.15) is 0 Å². The number of allylic oxidation sites excluding steroid dienone is 2. The van der Waals surface area contributed by atoms with Gasteiger partial charge in [0.25, 0.3) is 0 Å². The van der Waals surface area contributed by atoms with E-state index >= 15 is 0 Å². The van der Waals surface area contributed by atoms with E-state index in [2.05, 4.69) is 0 Å². The highest BCUT2D eigenvalue weighted by atomic mass is 16.6. The number of nitro groups is 2. The highest BCUT2D eigenvalue weighted by molar-refractivity contribution is 5.22. The average Bonchev–Trinajstić information content (AvgIpc) is 2.17. The summed E-state index contributed by atoms with van der Waals surface area (Å²) in [5, 5.41) is 30.1. The number of aliphatic hydroxyl groups is 1. The van der Waals surface area contributed by atoms with E-state index < -0.39 is 28.0 Å². The molecule has 7 heteroatoms. The first-order valence-corrected chi connectivity index (χ1v) is 3.79. The first-order valence-electron chi connectivity index (χ1n) is 3.79. The van der Waals surface area contributed by atoms with Crippen molar-refractivity contribution in [2.75, 3.05) is 6.61 Å². The van der Waals surface area contributed by atoms with Crippen LogP contribution in [0.4, 0.5) is 0 Å². The van der Waals surface area contributed by atoms with Gasteiger partial charge in [-0.05, 0) is 6.08 Å². The highest BCUT2D eigenvalue weighted by Gasteiger charge is 2.55. The van der Waals surface area contributed by atoms with Crippen LogP contribution in [0.15, 0.2) is 24.3 Å². The first-order chi connectivity index (χ1) is 6.54. The lowest BCUT2D eigenvalue weighted by Crippen LogP contribution is -2.54. The van der Waals surface area contributed by atoms with Crippen LogP contribution in [-0.4, -0.2) is 33.1 Å². The Hall–Kier alpha value is -1.76. The molecule has 1 aliphatic carbocycles. The monoisotopic (exact) mass is 200 g/mol. The number of nitrogens with zero attached hydrogens (tertiary/aromatic N) is 2. The molecule has 2 atom stereocenters. The van der Waals surface area contributed by atoms with Crippen LogP contribution in [0.1, 0.15) is 0 Å². The molecule has 7 nitrogen and oxygen atoms in total. The number of aliphatic hydroxyl groups excluding tert-OH is 1. The van der Waals surface area contributed by atoms with Crippen LogP contribution in [0.2, 0.25) is 0 Å². The summed E-state index contributed by atoms with van der Waals surface area (Å²) in [6.07, 6.45) is 4.81. The second-order valence-corrected chi connectivity index (χ2v) is 2.88. The number of hydrogen-bond donors (Lipinski definition) is 1. The second kappa shape index (κ2) is 3.54. The zero-order valence-electron chi connectivity index (χ0n) is 7.07. The van der Waals surface area contributed by atoms with Crippen molar-refractivity contribution >= 4 is 0 Å². The SMILES string of the molecule is O=[N+]([O-])C1C=CC=CC1(CO)[N+](=O)[O-]. The maximum absolute atomic E-state index is 10.7. The molecule has 0 aliphatic heterocycles. The van der Waals surface area contributed by atoms with E-state index in [0.717, 1.165) is 12.2 Å². The quantitative estimate of drug-likeness (QED) is 0.500. The minimum atomic E-state index is -2.03. The lowest BCUT2D eigenvalue weighted by atomic mass is 9.88. The maximum Gasteiger partial charge on any atom is 0.332 e. The minimum Gasteiger partial charge on any atom is -0.388 e. The van der Waals surface area contributed by atoms with Crippen LogP contribution in [0, 0.1) is 20.2 Å². The van der Waals surface area contributed by atoms with E-state index in [4.69, 9.17) is 5.11 Å². The molecule has 2 unspecified atom stereocenters. The lowest BCUT2D eigenvalue weighted by molar-refractivity contribution is -0.636. The summed E-state index contributed by atoms with van der Waals surface area (Å²) in [6, 6.07) is -1.52. The van der Waals surface area contributed by atoms with Crippen LogP contribution in [0.25, 0.3) is 0 Å². The Morgan fingerprint density at radius 3 is 2.36 bits per heavy atom. The largest absolute Gasteiger partial charge is 0.388 e. The molecule has 0 saturated carbocycles. The zero-order valence-corrected chi connectivity index (χ0v) is 7.07. The zero-order chi connectivity index (χ0) is 10.8. The fourth-order valence-corrected chi connectivity index (χ4v) is 1.28. The molecule has 0 spiro atoms. The summed E-state index contributed by atoms with van der Waals surface area (Å²) in [6.45, 7) is -0.896. The molecule has 0 aromatic rings. The van der Waals surface area contributed by atoms with E-state index in [9.17, 15) is 20.2 Å². The molecule has 0 saturated heterocycles. The fraction of sp³-hybridized carbons (Fsp3) is 0.429. The normalized spacial score (nSPS) is 30.2. The van der Waals surface area contributed by atoms with Crippen molar-refractivity contribution in [3.63, 3.8) is 0 Å². The van der Waals surface area contributed by atoms with Crippen molar-refractivity contribution in [3.8, 4) is 0 Å². The first kappa shape index (κ1) is 10.3. The Morgan fingerprint density at radius 1 is 1.36 bits per heavy atom. The number of rotatable bonds is 3. The molecule has 1 N–H and O–H groups in total. The highest BCUT2D eigenvalue weighted by Crippen LogP contribution is 2.23. The topological polar surface area (TPSA) is 107 Å².